The predicted molar refractivity (Wildman–Crippen MR) is 129 cm³/mol. The molecule has 10 heteroatoms. The summed E-state index contributed by atoms with van der Waals surface area (Å²) in [6, 6.07) is 10.3. The predicted octanol–water partition coefficient (Wildman–Crippen LogP) is 3.42. The van der Waals surface area contributed by atoms with Gasteiger partial charge in [0.2, 0.25) is 15.9 Å². The second-order valence-corrected chi connectivity index (χ2v) is 10.7. The van der Waals surface area contributed by atoms with Crippen molar-refractivity contribution in [2.75, 3.05) is 34.8 Å². The third-order valence-corrected chi connectivity index (χ3v) is 5.81. The number of hydrogen-bond donors (Lipinski definition) is 3. The fourth-order valence-corrected chi connectivity index (χ4v) is 4.20. The van der Waals surface area contributed by atoms with E-state index >= 15 is 0 Å². The molecule has 1 heterocycles. The number of methoxy groups -OCH3 is 1. The third-order valence-electron chi connectivity index (χ3n) is 5.20. The molecule has 1 aliphatic rings. The number of imide groups is 1. The molecule has 0 unspecified atom stereocenters. The quantitative estimate of drug-likeness (QED) is 0.566. The van der Waals surface area contributed by atoms with Gasteiger partial charge in [-0.3, -0.25) is 19.7 Å². The average Bonchev–Trinajstić information content (AvgIpc) is 2.71. The highest BCUT2D eigenvalue weighted by Gasteiger charge is 2.28. The fourth-order valence-electron chi connectivity index (χ4n) is 3.64. The number of nitrogens with zero attached hydrogens (tertiary/aromatic N) is 1. The van der Waals surface area contributed by atoms with E-state index in [4.69, 9.17) is 4.74 Å². The minimum absolute atomic E-state index is 0.240. The van der Waals surface area contributed by atoms with E-state index in [1.54, 1.807) is 36.3 Å². The van der Waals surface area contributed by atoms with Gasteiger partial charge in [-0.15, -0.1) is 0 Å². The fraction of sp³-hybridized carbons (Fsp3) is 0.391. The van der Waals surface area contributed by atoms with Crippen LogP contribution in [0.4, 0.5) is 21.9 Å². The summed E-state index contributed by atoms with van der Waals surface area (Å²) < 4.78 is 31.0. The molecular weight excluding hydrogens is 444 g/mol. The van der Waals surface area contributed by atoms with E-state index in [0.717, 1.165) is 28.8 Å². The lowest BCUT2D eigenvalue weighted by Gasteiger charge is -2.31. The summed E-state index contributed by atoms with van der Waals surface area (Å²) in [7, 11) is -1.73. The summed E-state index contributed by atoms with van der Waals surface area (Å²) in [6.07, 6.45) is 1.34. The van der Waals surface area contributed by atoms with Crippen LogP contribution in [0, 0.1) is 0 Å². The van der Waals surface area contributed by atoms with Crippen LogP contribution in [0.25, 0.3) is 0 Å². The number of carbonyl (C=O) groups is 2. The summed E-state index contributed by atoms with van der Waals surface area (Å²) >= 11 is 0. The number of anilines is 3. The molecule has 3 amide bonds. The molecule has 2 aromatic rings. The van der Waals surface area contributed by atoms with Gasteiger partial charge in [-0.1, -0.05) is 20.8 Å². The Morgan fingerprint density at radius 2 is 1.73 bits per heavy atom. The number of benzene rings is 2. The summed E-state index contributed by atoms with van der Waals surface area (Å²) in [6.45, 7) is 6.92. The number of ether oxygens (including phenoxy) is 1. The maximum Gasteiger partial charge on any atom is 0.328 e. The van der Waals surface area contributed by atoms with Gasteiger partial charge in [-0.2, -0.15) is 0 Å². The lowest BCUT2D eigenvalue weighted by molar-refractivity contribution is -0.120. The lowest BCUT2D eigenvalue weighted by atomic mass is 9.84. The highest BCUT2D eigenvalue weighted by Crippen LogP contribution is 2.38. The smallest absolute Gasteiger partial charge is 0.328 e. The molecule has 0 bridgehead atoms. The highest BCUT2D eigenvalue weighted by molar-refractivity contribution is 7.92. The molecule has 178 valence electrons. The van der Waals surface area contributed by atoms with Crippen molar-refractivity contribution in [2.45, 2.75) is 39.2 Å². The molecule has 0 saturated carbocycles. The van der Waals surface area contributed by atoms with Crippen molar-refractivity contribution in [3.8, 4) is 5.75 Å². The van der Waals surface area contributed by atoms with Crippen molar-refractivity contribution in [1.82, 2.24) is 5.32 Å². The number of sulfonamides is 1. The summed E-state index contributed by atoms with van der Waals surface area (Å²) in [5.74, 6) is 0.444. The molecule has 3 rings (SSSR count). The van der Waals surface area contributed by atoms with Crippen molar-refractivity contribution in [1.29, 1.82) is 0 Å². The minimum atomic E-state index is -3.34. The van der Waals surface area contributed by atoms with E-state index in [1.807, 2.05) is 12.1 Å². The van der Waals surface area contributed by atoms with Gasteiger partial charge < -0.3 is 10.1 Å². The van der Waals surface area contributed by atoms with Crippen LogP contribution in [-0.2, 0) is 26.8 Å². The summed E-state index contributed by atoms with van der Waals surface area (Å²) in [5.41, 5.74) is 3.50. The molecule has 1 aliphatic heterocycles. The Labute approximate surface area is 194 Å². The van der Waals surface area contributed by atoms with Crippen molar-refractivity contribution in [3.05, 3.63) is 47.5 Å². The molecule has 9 nitrogen and oxygen atoms in total. The van der Waals surface area contributed by atoms with Gasteiger partial charge in [0, 0.05) is 47.7 Å². The summed E-state index contributed by atoms with van der Waals surface area (Å²) in [5, 5.41) is 5.69. The number of nitrogens with one attached hydrogen (secondary N) is 3. The zero-order chi connectivity index (χ0) is 24.4. The zero-order valence-corrected chi connectivity index (χ0v) is 20.3. The molecular formula is C23H30N4O5S. The van der Waals surface area contributed by atoms with E-state index in [-0.39, 0.29) is 17.7 Å². The Kier molecular flexibility index (Phi) is 6.87. The number of amides is 3. The van der Waals surface area contributed by atoms with Crippen LogP contribution in [0.15, 0.2) is 36.4 Å². The Hall–Kier alpha value is -3.27. The number of urea groups is 1. The number of rotatable bonds is 7. The molecule has 2 aromatic carbocycles. The normalized spacial score (nSPS) is 14.6. The van der Waals surface area contributed by atoms with Gasteiger partial charge in [0.15, 0.2) is 0 Å². The number of hydrogen-bond acceptors (Lipinski definition) is 6. The van der Waals surface area contributed by atoms with Gasteiger partial charge in [0.05, 0.1) is 13.4 Å². The molecule has 0 aromatic heterocycles. The molecule has 0 aliphatic carbocycles. The van der Waals surface area contributed by atoms with Crippen LogP contribution in [-0.4, -0.2) is 40.3 Å². The first kappa shape index (κ1) is 24.4. The highest BCUT2D eigenvalue weighted by atomic mass is 32.2. The van der Waals surface area contributed by atoms with Crippen LogP contribution >= 0.6 is 0 Å². The Morgan fingerprint density at radius 1 is 1.09 bits per heavy atom. The molecule has 3 N–H and O–H groups in total. The molecule has 33 heavy (non-hydrogen) atoms. The van der Waals surface area contributed by atoms with Crippen LogP contribution in [0.1, 0.15) is 38.3 Å². The van der Waals surface area contributed by atoms with Gasteiger partial charge in [-0.05, 0) is 41.8 Å². The molecule has 0 spiro atoms. The van der Waals surface area contributed by atoms with E-state index in [2.05, 4.69) is 36.1 Å². The Bertz CT molecular complexity index is 1150. The monoisotopic (exact) mass is 474 g/mol. The average molecular weight is 475 g/mol. The van der Waals surface area contributed by atoms with Crippen LogP contribution in [0.3, 0.4) is 0 Å². The Balaban J connectivity index is 1.91. The van der Waals surface area contributed by atoms with Crippen molar-refractivity contribution in [2.24, 2.45) is 0 Å². The van der Waals surface area contributed by atoms with Crippen molar-refractivity contribution >= 4 is 39.0 Å². The van der Waals surface area contributed by atoms with Crippen LogP contribution in [0.5, 0.6) is 5.75 Å². The first-order valence-electron chi connectivity index (χ1n) is 10.5. The standard InChI is InChI=1S/C23H30N4O5S/c1-23(2,3)19-13-18(27-11-10-20(28)25-22(27)29)12-15(21(19)32-4)14-24-16-6-8-17(9-7-16)26-33(5,30)31/h6-9,12-13,24,26H,10-11,14H2,1-5H3,(H,25,28,29). The molecule has 0 radical (unpaired) electrons. The first-order valence-corrected chi connectivity index (χ1v) is 12.4. The largest absolute Gasteiger partial charge is 0.496 e. The maximum absolute atomic E-state index is 12.4. The molecule has 1 fully saturated rings. The van der Waals surface area contributed by atoms with Crippen molar-refractivity contribution < 1.29 is 22.7 Å². The van der Waals surface area contributed by atoms with Gasteiger partial charge in [-0.25, -0.2) is 13.2 Å². The topological polar surface area (TPSA) is 117 Å². The Morgan fingerprint density at radius 3 is 2.27 bits per heavy atom. The van der Waals surface area contributed by atoms with Gasteiger partial charge >= 0.3 is 6.03 Å². The van der Waals surface area contributed by atoms with E-state index < -0.39 is 16.1 Å². The number of carbonyl (C=O) groups excluding carboxylic acids is 2. The van der Waals surface area contributed by atoms with Crippen LogP contribution in [0.2, 0.25) is 0 Å². The minimum Gasteiger partial charge on any atom is -0.496 e. The second kappa shape index (κ2) is 9.30. The zero-order valence-electron chi connectivity index (χ0n) is 19.5. The van der Waals surface area contributed by atoms with Gasteiger partial charge in [0.25, 0.3) is 0 Å². The van der Waals surface area contributed by atoms with E-state index in [0.29, 0.717) is 24.5 Å². The second-order valence-electron chi connectivity index (χ2n) is 9.00. The molecule has 0 atom stereocenters. The lowest BCUT2D eigenvalue weighted by Crippen LogP contribution is -2.49. The first-order chi connectivity index (χ1) is 15.4. The third kappa shape index (κ3) is 6.16. The van der Waals surface area contributed by atoms with E-state index in [9.17, 15) is 18.0 Å². The van der Waals surface area contributed by atoms with Crippen LogP contribution < -0.4 is 25.0 Å². The SMILES string of the molecule is COc1c(CNc2ccc(NS(C)(=O)=O)cc2)cc(N2CCC(=O)NC2=O)cc1C(C)(C)C. The van der Waals surface area contributed by atoms with Gasteiger partial charge in [0.1, 0.15) is 5.75 Å². The van der Waals surface area contributed by atoms with E-state index in [1.165, 1.54) is 0 Å². The maximum atomic E-state index is 12.4. The van der Waals surface area contributed by atoms with Crippen molar-refractivity contribution in [3.63, 3.8) is 0 Å². The summed E-state index contributed by atoms with van der Waals surface area (Å²) in [4.78, 5) is 25.6. The molecule has 1 saturated heterocycles.